The number of likely N-dealkylation sites (tertiary alicyclic amines) is 1. The van der Waals surface area contributed by atoms with E-state index in [1.807, 2.05) is 5.38 Å². The predicted molar refractivity (Wildman–Crippen MR) is 108 cm³/mol. The van der Waals surface area contributed by atoms with Crippen LogP contribution >= 0.6 is 22.9 Å². The van der Waals surface area contributed by atoms with E-state index in [0.717, 1.165) is 29.3 Å². The third-order valence-electron chi connectivity index (χ3n) is 4.50. The molecule has 0 N–H and O–H groups in total. The Morgan fingerprint density at radius 3 is 2.86 bits per heavy atom. The number of piperidine rings is 1. The van der Waals surface area contributed by atoms with Gasteiger partial charge in [-0.1, -0.05) is 11.6 Å². The molecule has 1 amide bonds. The number of hydrogen-bond acceptors (Lipinski definition) is 6. The number of aromatic nitrogens is 1. The summed E-state index contributed by atoms with van der Waals surface area (Å²) in [5.74, 6) is 0.270. The van der Waals surface area contributed by atoms with Crippen molar-refractivity contribution in [2.45, 2.75) is 32.8 Å². The van der Waals surface area contributed by atoms with E-state index in [9.17, 15) is 9.59 Å². The lowest BCUT2D eigenvalue weighted by Gasteiger charge is -2.31. The van der Waals surface area contributed by atoms with Gasteiger partial charge in [-0.15, -0.1) is 11.3 Å². The largest absolute Gasteiger partial charge is 0.486 e. The van der Waals surface area contributed by atoms with Crippen molar-refractivity contribution in [1.82, 2.24) is 9.88 Å². The Kier molecular flexibility index (Phi) is 7.28. The maximum Gasteiger partial charge on any atom is 0.310 e. The van der Waals surface area contributed by atoms with E-state index in [4.69, 9.17) is 21.1 Å². The lowest BCUT2D eigenvalue weighted by Crippen LogP contribution is -2.43. The molecule has 1 saturated heterocycles. The molecule has 0 aliphatic carbocycles. The third kappa shape index (κ3) is 5.69. The second kappa shape index (κ2) is 9.89. The summed E-state index contributed by atoms with van der Waals surface area (Å²) >= 11 is 7.32. The van der Waals surface area contributed by atoms with Crippen molar-refractivity contribution >= 4 is 34.8 Å². The van der Waals surface area contributed by atoms with E-state index in [2.05, 4.69) is 4.98 Å². The Balaban J connectivity index is 1.50. The number of ether oxygens (including phenoxy) is 2. The van der Waals surface area contributed by atoms with E-state index in [1.165, 1.54) is 11.3 Å². The zero-order chi connectivity index (χ0) is 19.9. The summed E-state index contributed by atoms with van der Waals surface area (Å²) in [7, 11) is 0. The molecule has 0 radical (unpaired) electrons. The van der Waals surface area contributed by atoms with Gasteiger partial charge in [-0.3, -0.25) is 9.59 Å². The zero-order valence-electron chi connectivity index (χ0n) is 15.7. The van der Waals surface area contributed by atoms with E-state index in [-0.39, 0.29) is 24.2 Å². The van der Waals surface area contributed by atoms with Crippen LogP contribution in [0.15, 0.2) is 29.6 Å². The Morgan fingerprint density at radius 1 is 1.32 bits per heavy atom. The quantitative estimate of drug-likeness (QED) is 0.636. The molecule has 28 heavy (non-hydrogen) atoms. The predicted octanol–water partition coefficient (Wildman–Crippen LogP) is 3.72. The van der Waals surface area contributed by atoms with Crippen molar-refractivity contribution in [1.29, 1.82) is 0 Å². The second-order valence-corrected chi connectivity index (χ2v) is 7.96. The van der Waals surface area contributed by atoms with Crippen molar-refractivity contribution in [3.05, 3.63) is 45.4 Å². The summed E-state index contributed by atoms with van der Waals surface area (Å²) in [5.41, 5.74) is 0.725. The fourth-order valence-corrected chi connectivity index (χ4v) is 3.93. The molecule has 6 nitrogen and oxygen atoms in total. The van der Waals surface area contributed by atoms with Gasteiger partial charge in [0.05, 0.1) is 24.6 Å². The number of rotatable bonds is 7. The van der Waals surface area contributed by atoms with Gasteiger partial charge in [-0.25, -0.2) is 4.98 Å². The SMILES string of the molecule is CCOC(=O)C1CCCN(C(=O)Cc2csc(COc3ccc(Cl)cc3)n2)C1. The average Bonchev–Trinajstić information content (AvgIpc) is 3.15. The highest BCUT2D eigenvalue weighted by atomic mass is 35.5. The Labute approximate surface area is 173 Å². The Bertz CT molecular complexity index is 809. The topological polar surface area (TPSA) is 68.7 Å². The van der Waals surface area contributed by atoms with Crippen molar-refractivity contribution in [2.24, 2.45) is 5.92 Å². The van der Waals surface area contributed by atoms with E-state index < -0.39 is 0 Å². The normalized spacial score (nSPS) is 16.6. The number of halogens is 1. The van der Waals surface area contributed by atoms with Gasteiger partial charge in [0.2, 0.25) is 5.91 Å². The third-order valence-corrected chi connectivity index (χ3v) is 5.62. The molecule has 1 aromatic heterocycles. The number of hydrogen-bond donors (Lipinski definition) is 0. The van der Waals surface area contributed by atoms with Crippen molar-refractivity contribution < 1.29 is 19.1 Å². The van der Waals surface area contributed by atoms with Crippen LogP contribution in [0.1, 0.15) is 30.5 Å². The molecule has 150 valence electrons. The minimum atomic E-state index is -0.226. The maximum atomic E-state index is 12.6. The zero-order valence-corrected chi connectivity index (χ0v) is 17.3. The first kappa shape index (κ1) is 20.6. The lowest BCUT2D eigenvalue weighted by molar-refractivity contribution is -0.151. The Hall–Kier alpha value is -2.12. The molecule has 1 atom stereocenters. The molecule has 2 heterocycles. The molecule has 0 spiro atoms. The number of thiazole rings is 1. The number of esters is 1. The first-order valence-electron chi connectivity index (χ1n) is 9.31. The fraction of sp³-hybridized carbons (Fsp3) is 0.450. The van der Waals surface area contributed by atoms with E-state index in [0.29, 0.717) is 31.3 Å². The summed E-state index contributed by atoms with van der Waals surface area (Å²) in [4.78, 5) is 30.8. The summed E-state index contributed by atoms with van der Waals surface area (Å²) < 4.78 is 10.8. The van der Waals surface area contributed by atoms with E-state index in [1.54, 1.807) is 36.1 Å². The van der Waals surface area contributed by atoms with Crippen LogP contribution in [0.4, 0.5) is 0 Å². The lowest BCUT2D eigenvalue weighted by atomic mass is 9.98. The number of amides is 1. The molecular formula is C20H23ClN2O4S. The van der Waals surface area contributed by atoms with E-state index >= 15 is 0 Å². The fourth-order valence-electron chi connectivity index (χ4n) is 3.10. The molecular weight excluding hydrogens is 400 g/mol. The van der Waals surface area contributed by atoms with Crippen molar-refractivity contribution in [2.75, 3.05) is 19.7 Å². The van der Waals surface area contributed by atoms with Crippen LogP contribution in [0.25, 0.3) is 0 Å². The molecule has 0 saturated carbocycles. The molecule has 2 aromatic rings. The van der Waals surface area contributed by atoms with Crippen molar-refractivity contribution in [3.8, 4) is 5.75 Å². The van der Waals surface area contributed by atoms with Gasteiger partial charge >= 0.3 is 5.97 Å². The highest BCUT2D eigenvalue weighted by molar-refractivity contribution is 7.09. The van der Waals surface area contributed by atoms with Gasteiger partial charge in [0.15, 0.2) is 0 Å². The highest BCUT2D eigenvalue weighted by Crippen LogP contribution is 2.21. The van der Waals surface area contributed by atoms with Crippen LogP contribution < -0.4 is 4.74 Å². The summed E-state index contributed by atoms with van der Waals surface area (Å²) in [6.45, 7) is 3.60. The van der Waals surface area contributed by atoms with Gasteiger partial charge in [0.1, 0.15) is 17.4 Å². The summed E-state index contributed by atoms with van der Waals surface area (Å²) in [6.07, 6.45) is 1.81. The van der Waals surface area contributed by atoms with Gasteiger partial charge in [0.25, 0.3) is 0 Å². The number of benzene rings is 1. The molecule has 1 aromatic carbocycles. The molecule has 0 bridgehead atoms. The molecule has 3 rings (SSSR count). The number of nitrogens with zero attached hydrogens (tertiary/aromatic N) is 2. The summed E-state index contributed by atoms with van der Waals surface area (Å²) in [6, 6.07) is 7.14. The smallest absolute Gasteiger partial charge is 0.310 e. The molecule has 1 fully saturated rings. The molecule has 1 aliphatic rings. The second-order valence-electron chi connectivity index (χ2n) is 6.58. The minimum absolute atomic E-state index is 0.00975. The molecule has 1 unspecified atom stereocenters. The van der Waals surface area contributed by atoms with Gasteiger partial charge in [0, 0.05) is 23.5 Å². The van der Waals surface area contributed by atoms with Gasteiger partial charge in [-0.05, 0) is 44.0 Å². The van der Waals surface area contributed by atoms with Gasteiger partial charge in [-0.2, -0.15) is 0 Å². The van der Waals surface area contributed by atoms with Crippen LogP contribution in [-0.2, 0) is 27.4 Å². The number of carbonyl (C=O) groups excluding carboxylic acids is 2. The summed E-state index contributed by atoms with van der Waals surface area (Å²) in [5, 5.41) is 3.34. The van der Waals surface area contributed by atoms with Gasteiger partial charge < -0.3 is 14.4 Å². The highest BCUT2D eigenvalue weighted by Gasteiger charge is 2.29. The standard InChI is InChI=1S/C20H23ClN2O4S/c1-2-26-20(25)14-4-3-9-23(11-14)19(24)10-16-13-28-18(22-16)12-27-17-7-5-15(21)6-8-17/h5-8,13-14H,2-4,9-12H2,1H3. The Morgan fingerprint density at radius 2 is 2.11 bits per heavy atom. The first-order chi connectivity index (χ1) is 13.5. The minimum Gasteiger partial charge on any atom is -0.486 e. The van der Waals surface area contributed by atoms with Crippen LogP contribution in [0, 0.1) is 5.92 Å². The van der Waals surface area contributed by atoms with Crippen LogP contribution in [-0.4, -0.2) is 41.5 Å². The van der Waals surface area contributed by atoms with Crippen LogP contribution in [0.3, 0.4) is 0 Å². The molecule has 8 heteroatoms. The monoisotopic (exact) mass is 422 g/mol. The van der Waals surface area contributed by atoms with Crippen LogP contribution in [0.5, 0.6) is 5.75 Å². The number of carbonyl (C=O) groups is 2. The average molecular weight is 423 g/mol. The molecule has 1 aliphatic heterocycles. The van der Waals surface area contributed by atoms with Crippen LogP contribution in [0.2, 0.25) is 5.02 Å². The van der Waals surface area contributed by atoms with Crippen molar-refractivity contribution in [3.63, 3.8) is 0 Å². The first-order valence-corrected chi connectivity index (χ1v) is 10.6. The maximum absolute atomic E-state index is 12.6.